The fourth-order valence-electron chi connectivity index (χ4n) is 2.92. The summed E-state index contributed by atoms with van der Waals surface area (Å²) in [5.74, 6) is 0.456. The van der Waals surface area contributed by atoms with E-state index >= 15 is 0 Å². The van der Waals surface area contributed by atoms with Gasteiger partial charge in [0.25, 0.3) is 0 Å². The zero-order valence-corrected chi connectivity index (χ0v) is 17.1. The van der Waals surface area contributed by atoms with Crippen LogP contribution in [0.2, 0.25) is 0 Å². The number of nitrogens with zero attached hydrogens (tertiary/aromatic N) is 1. The van der Waals surface area contributed by atoms with E-state index in [0.29, 0.717) is 35.7 Å². The zero-order valence-electron chi connectivity index (χ0n) is 16.3. The average Bonchev–Trinajstić information content (AvgIpc) is 3.05. The van der Waals surface area contributed by atoms with Crippen molar-refractivity contribution in [3.05, 3.63) is 46.8 Å². The van der Waals surface area contributed by atoms with E-state index in [1.54, 1.807) is 26.4 Å². The van der Waals surface area contributed by atoms with Crippen LogP contribution < -0.4 is 19.1 Å². The molecule has 1 aromatic heterocycles. The summed E-state index contributed by atoms with van der Waals surface area (Å²) in [5, 5.41) is 10.3. The molecule has 0 fully saturated rings. The summed E-state index contributed by atoms with van der Waals surface area (Å²) in [6, 6.07) is 11.7. The Balaban J connectivity index is 1.84. The number of ether oxygens (including phenoxy) is 3. The Kier molecular flexibility index (Phi) is 5.94. The maximum Gasteiger partial charge on any atom is 0.349 e. The molecule has 0 amide bonds. The van der Waals surface area contributed by atoms with Gasteiger partial charge in [-0.25, -0.2) is 4.79 Å². The van der Waals surface area contributed by atoms with E-state index in [0.717, 1.165) is 16.0 Å². The van der Waals surface area contributed by atoms with Crippen LogP contribution in [-0.4, -0.2) is 46.0 Å². The molecule has 0 unspecified atom stereocenters. The number of carboxylic acids is 1. The monoisotopic (exact) mass is 401 g/mol. The van der Waals surface area contributed by atoms with Gasteiger partial charge in [0.15, 0.2) is 22.1 Å². The van der Waals surface area contributed by atoms with Crippen molar-refractivity contribution in [3.8, 4) is 17.2 Å². The quantitative estimate of drug-likeness (QED) is 0.607. The molecule has 7 heteroatoms. The topological polar surface area (TPSA) is 68.2 Å². The molecule has 0 aliphatic rings. The van der Waals surface area contributed by atoms with Gasteiger partial charge in [-0.05, 0) is 23.8 Å². The molecule has 0 atom stereocenters. The highest BCUT2D eigenvalue weighted by Gasteiger charge is 2.21. The summed E-state index contributed by atoms with van der Waals surface area (Å²) in [6.45, 7) is 0.377. The van der Waals surface area contributed by atoms with Crippen LogP contribution in [0.25, 0.3) is 10.1 Å². The molecule has 3 aromatic rings. The van der Waals surface area contributed by atoms with Crippen LogP contribution in [0.15, 0.2) is 36.4 Å². The second-order valence-electron chi connectivity index (χ2n) is 6.43. The van der Waals surface area contributed by atoms with Gasteiger partial charge in [0, 0.05) is 42.4 Å². The number of rotatable bonds is 8. The van der Waals surface area contributed by atoms with E-state index < -0.39 is 5.97 Å². The lowest BCUT2D eigenvalue weighted by Gasteiger charge is -2.13. The lowest BCUT2D eigenvalue weighted by molar-refractivity contribution is 0.0698. The van der Waals surface area contributed by atoms with Crippen molar-refractivity contribution < 1.29 is 24.1 Å². The minimum absolute atomic E-state index is 0.174. The number of benzene rings is 2. The van der Waals surface area contributed by atoms with Crippen molar-refractivity contribution in [1.82, 2.24) is 0 Å². The van der Waals surface area contributed by atoms with Crippen molar-refractivity contribution >= 4 is 33.1 Å². The highest BCUT2D eigenvalue weighted by molar-refractivity contribution is 7.21. The van der Waals surface area contributed by atoms with E-state index in [4.69, 9.17) is 14.2 Å². The SMILES string of the molecule is COc1cc2sc(C(=O)O)c(OCCc3ccc(N(C)C)cc3)c2cc1OC. The van der Waals surface area contributed by atoms with E-state index in [9.17, 15) is 9.90 Å². The first-order valence-electron chi connectivity index (χ1n) is 8.75. The number of carbonyl (C=O) groups is 1. The first-order chi connectivity index (χ1) is 13.4. The minimum Gasteiger partial charge on any atom is -0.493 e. The maximum absolute atomic E-state index is 11.7. The molecule has 148 valence electrons. The van der Waals surface area contributed by atoms with Gasteiger partial charge in [-0.1, -0.05) is 12.1 Å². The average molecular weight is 401 g/mol. The Morgan fingerprint density at radius 3 is 2.29 bits per heavy atom. The largest absolute Gasteiger partial charge is 0.493 e. The number of methoxy groups -OCH3 is 2. The molecule has 2 aromatic carbocycles. The van der Waals surface area contributed by atoms with E-state index in [2.05, 4.69) is 24.3 Å². The molecule has 0 aliphatic carbocycles. The van der Waals surface area contributed by atoms with Gasteiger partial charge < -0.3 is 24.2 Å². The van der Waals surface area contributed by atoms with Crippen molar-refractivity contribution in [2.75, 3.05) is 39.8 Å². The second kappa shape index (κ2) is 8.39. The summed E-state index contributed by atoms with van der Waals surface area (Å²) >= 11 is 1.17. The van der Waals surface area contributed by atoms with Crippen LogP contribution in [0.1, 0.15) is 15.2 Å². The molecular formula is C21H23NO5S. The van der Waals surface area contributed by atoms with Gasteiger partial charge in [0.1, 0.15) is 0 Å². The fourth-order valence-corrected chi connectivity index (χ4v) is 3.91. The van der Waals surface area contributed by atoms with Crippen LogP contribution >= 0.6 is 11.3 Å². The Bertz CT molecular complexity index is 979. The van der Waals surface area contributed by atoms with Crippen LogP contribution in [0.3, 0.4) is 0 Å². The number of thiophene rings is 1. The van der Waals surface area contributed by atoms with E-state index in [-0.39, 0.29) is 4.88 Å². The van der Waals surface area contributed by atoms with Gasteiger partial charge in [-0.3, -0.25) is 0 Å². The molecule has 0 bridgehead atoms. The lowest BCUT2D eigenvalue weighted by atomic mass is 10.1. The number of fused-ring (bicyclic) bond motifs is 1. The first-order valence-corrected chi connectivity index (χ1v) is 9.57. The van der Waals surface area contributed by atoms with Crippen molar-refractivity contribution in [1.29, 1.82) is 0 Å². The predicted molar refractivity (Wildman–Crippen MR) is 112 cm³/mol. The highest BCUT2D eigenvalue weighted by atomic mass is 32.1. The Hall–Kier alpha value is -2.93. The molecule has 0 spiro atoms. The predicted octanol–water partition coefficient (Wildman–Crippen LogP) is 4.30. The molecule has 0 saturated heterocycles. The number of carboxylic acid groups (broad SMARTS) is 1. The molecule has 0 radical (unpaired) electrons. The summed E-state index contributed by atoms with van der Waals surface area (Å²) < 4.78 is 17.4. The van der Waals surface area contributed by atoms with E-state index in [1.807, 2.05) is 19.0 Å². The Morgan fingerprint density at radius 1 is 1.07 bits per heavy atom. The fraction of sp³-hybridized carbons (Fsp3) is 0.286. The zero-order chi connectivity index (χ0) is 20.3. The summed E-state index contributed by atoms with van der Waals surface area (Å²) in [5.41, 5.74) is 2.25. The Labute approximate surface area is 167 Å². The first kappa shape index (κ1) is 19.8. The molecule has 1 N–H and O–H groups in total. The second-order valence-corrected chi connectivity index (χ2v) is 7.48. The molecule has 0 saturated carbocycles. The maximum atomic E-state index is 11.7. The third-order valence-corrected chi connectivity index (χ3v) is 5.55. The molecule has 3 rings (SSSR count). The number of hydrogen-bond acceptors (Lipinski definition) is 6. The van der Waals surface area contributed by atoms with Gasteiger partial charge >= 0.3 is 5.97 Å². The van der Waals surface area contributed by atoms with Gasteiger partial charge in [0.05, 0.1) is 20.8 Å². The van der Waals surface area contributed by atoms with Crippen LogP contribution in [-0.2, 0) is 6.42 Å². The molecule has 1 heterocycles. The smallest absolute Gasteiger partial charge is 0.349 e. The molecule has 0 aliphatic heterocycles. The van der Waals surface area contributed by atoms with Crippen LogP contribution in [0.5, 0.6) is 17.2 Å². The minimum atomic E-state index is -1.01. The van der Waals surface area contributed by atoms with Gasteiger partial charge in [-0.2, -0.15) is 0 Å². The lowest BCUT2D eigenvalue weighted by Crippen LogP contribution is -2.08. The number of hydrogen-bond donors (Lipinski definition) is 1. The third kappa shape index (κ3) is 3.99. The molecule has 6 nitrogen and oxygen atoms in total. The van der Waals surface area contributed by atoms with Gasteiger partial charge in [-0.15, -0.1) is 11.3 Å². The van der Waals surface area contributed by atoms with Crippen LogP contribution in [0.4, 0.5) is 5.69 Å². The number of aromatic carboxylic acids is 1. The summed E-state index contributed by atoms with van der Waals surface area (Å²) in [7, 11) is 7.09. The van der Waals surface area contributed by atoms with Gasteiger partial charge in [0.2, 0.25) is 0 Å². The molecular weight excluding hydrogens is 378 g/mol. The summed E-state index contributed by atoms with van der Waals surface area (Å²) in [6.07, 6.45) is 0.678. The third-order valence-electron chi connectivity index (χ3n) is 4.43. The molecule has 28 heavy (non-hydrogen) atoms. The van der Waals surface area contributed by atoms with Crippen molar-refractivity contribution in [2.24, 2.45) is 0 Å². The van der Waals surface area contributed by atoms with E-state index in [1.165, 1.54) is 11.3 Å². The standard InChI is InChI=1S/C21H23NO5S/c1-22(2)14-7-5-13(6-8-14)9-10-27-19-15-11-16(25-3)17(26-4)12-18(15)28-20(19)21(23)24/h5-8,11-12H,9-10H2,1-4H3,(H,23,24). The Morgan fingerprint density at radius 2 is 1.71 bits per heavy atom. The normalized spacial score (nSPS) is 10.7. The van der Waals surface area contributed by atoms with Crippen LogP contribution in [0, 0.1) is 0 Å². The van der Waals surface area contributed by atoms with Crippen molar-refractivity contribution in [3.63, 3.8) is 0 Å². The summed E-state index contributed by atoms with van der Waals surface area (Å²) in [4.78, 5) is 13.9. The number of anilines is 1. The highest BCUT2D eigenvalue weighted by Crippen LogP contribution is 2.43. The van der Waals surface area contributed by atoms with Crippen molar-refractivity contribution in [2.45, 2.75) is 6.42 Å².